The number of carbonyl (C=O) groups is 1. The Labute approximate surface area is 83.4 Å². The Hall–Kier alpha value is -0.510. The van der Waals surface area contributed by atoms with Crippen LogP contribution in [0.15, 0.2) is 12.1 Å². The summed E-state index contributed by atoms with van der Waals surface area (Å²) in [6.45, 7) is 0. The molecule has 0 atom stereocenters. The maximum absolute atomic E-state index is 10.8. The zero-order valence-corrected chi connectivity index (χ0v) is 7.82. The lowest BCUT2D eigenvalue weighted by Gasteiger charge is -1.96. The van der Waals surface area contributed by atoms with E-state index in [-0.39, 0.29) is 10.8 Å². The number of pyridine rings is 1. The Balaban J connectivity index is 3.08. The van der Waals surface area contributed by atoms with E-state index in [0.29, 0.717) is 5.02 Å². The van der Waals surface area contributed by atoms with Crippen molar-refractivity contribution in [3.8, 4) is 0 Å². The van der Waals surface area contributed by atoms with Gasteiger partial charge in [0, 0.05) is 5.02 Å². The van der Waals surface area contributed by atoms with Gasteiger partial charge in [-0.15, -0.1) is 0 Å². The van der Waals surface area contributed by atoms with E-state index >= 15 is 0 Å². The predicted octanol–water partition coefficient (Wildman–Crippen LogP) is 2.70. The van der Waals surface area contributed by atoms with Gasteiger partial charge in [-0.3, -0.25) is 0 Å². The molecule has 0 unspecified atom stereocenters. The lowest BCUT2D eigenvalue weighted by Crippen LogP contribution is -2.01. The highest BCUT2D eigenvalue weighted by molar-refractivity contribution is 6.34. The minimum atomic E-state index is -0.791. The monoisotopic (exact) mass is 225 g/mol. The SMILES string of the molecule is O=C(OCl)c1cc(Cl)cc(Cl)n1. The number of carbonyl (C=O) groups excluding carboxylic acids is 1. The zero-order chi connectivity index (χ0) is 9.14. The molecule has 1 rings (SSSR count). The molecule has 64 valence electrons. The second-order valence-electron chi connectivity index (χ2n) is 1.86. The van der Waals surface area contributed by atoms with E-state index in [1.54, 1.807) is 0 Å². The summed E-state index contributed by atoms with van der Waals surface area (Å²) in [6, 6.07) is 2.70. The van der Waals surface area contributed by atoms with E-state index in [9.17, 15) is 4.79 Å². The summed E-state index contributed by atoms with van der Waals surface area (Å²) < 4.78 is 3.90. The van der Waals surface area contributed by atoms with E-state index in [2.05, 4.69) is 9.27 Å². The summed E-state index contributed by atoms with van der Waals surface area (Å²) in [7, 11) is 0. The fourth-order valence-electron chi connectivity index (χ4n) is 0.610. The Morgan fingerprint density at radius 2 is 2.08 bits per heavy atom. The minimum Gasteiger partial charge on any atom is -0.342 e. The molecule has 0 radical (unpaired) electrons. The number of hydrogen-bond acceptors (Lipinski definition) is 3. The van der Waals surface area contributed by atoms with Crippen LogP contribution in [0.4, 0.5) is 0 Å². The first kappa shape index (κ1) is 9.58. The summed E-state index contributed by atoms with van der Waals surface area (Å²) in [5, 5.41) is 0.409. The molecule has 0 fully saturated rings. The normalized spacial score (nSPS) is 9.58. The van der Waals surface area contributed by atoms with Gasteiger partial charge in [0.05, 0.1) is 0 Å². The van der Waals surface area contributed by atoms with E-state index in [4.69, 9.17) is 35.1 Å². The summed E-state index contributed by atoms with van der Waals surface area (Å²) in [6.07, 6.45) is 0. The Bertz CT molecular complexity index is 295. The van der Waals surface area contributed by atoms with Gasteiger partial charge in [-0.1, -0.05) is 23.2 Å². The second kappa shape index (κ2) is 3.94. The van der Waals surface area contributed by atoms with Crippen molar-refractivity contribution < 1.29 is 9.08 Å². The minimum absolute atomic E-state index is 0.0255. The van der Waals surface area contributed by atoms with Crippen LogP contribution >= 0.6 is 35.1 Å². The molecule has 1 heterocycles. The van der Waals surface area contributed by atoms with Crippen molar-refractivity contribution in [3.05, 3.63) is 28.0 Å². The first-order valence-corrected chi connectivity index (χ1v) is 3.86. The quantitative estimate of drug-likeness (QED) is 0.691. The van der Waals surface area contributed by atoms with Crippen LogP contribution in [0.3, 0.4) is 0 Å². The van der Waals surface area contributed by atoms with E-state index in [1.165, 1.54) is 12.1 Å². The molecule has 0 saturated heterocycles. The molecule has 0 saturated carbocycles. The third-order valence-corrected chi connectivity index (χ3v) is 1.59. The standard InChI is InChI=1S/C6H2Cl3NO2/c7-3-1-4(6(11)12-9)10-5(8)2-3/h1-2H. The molecule has 0 amide bonds. The van der Waals surface area contributed by atoms with E-state index in [0.717, 1.165) is 0 Å². The van der Waals surface area contributed by atoms with Crippen molar-refractivity contribution in [3.63, 3.8) is 0 Å². The molecular formula is C6H2Cl3NO2. The predicted molar refractivity (Wildman–Crippen MR) is 45.5 cm³/mol. The molecule has 12 heavy (non-hydrogen) atoms. The van der Waals surface area contributed by atoms with Gasteiger partial charge in [-0.25, -0.2) is 9.78 Å². The lowest BCUT2D eigenvalue weighted by molar-refractivity contribution is 0.0745. The fraction of sp³-hybridized carbons (Fsp3) is 0. The van der Waals surface area contributed by atoms with Crippen LogP contribution in [0.5, 0.6) is 0 Å². The van der Waals surface area contributed by atoms with Crippen molar-refractivity contribution in [2.45, 2.75) is 0 Å². The molecule has 0 aliphatic heterocycles. The molecule has 0 bridgehead atoms. The van der Waals surface area contributed by atoms with E-state index in [1.807, 2.05) is 0 Å². The molecule has 1 aromatic heterocycles. The maximum atomic E-state index is 10.8. The van der Waals surface area contributed by atoms with Crippen molar-refractivity contribution in [1.29, 1.82) is 0 Å². The summed E-state index contributed by atoms with van der Waals surface area (Å²) in [4.78, 5) is 14.4. The van der Waals surface area contributed by atoms with Gasteiger partial charge in [0.25, 0.3) is 0 Å². The average Bonchev–Trinajstić information content (AvgIpc) is 2.01. The molecule has 0 N–H and O–H groups in total. The first-order valence-electron chi connectivity index (χ1n) is 2.79. The van der Waals surface area contributed by atoms with Gasteiger partial charge in [0.2, 0.25) is 0 Å². The number of hydrogen-bond donors (Lipinski definition) is 0. The largest absolute Gasteiger partial charge is 0.375 e. The summed E-state index contributed by atoms with van der Waals surface area (Å²) >= 11 is 15.9. The fourth-order valence-corrected chi connectivity index (χ4v) is 1.16. The smallest absolute Gasteiger partial charge is 0.342 e. The highest BCUT2D eigenvalue weighted by Gasteiger charge is 2.09. The molecule has 1 aromatic rings. The number of nitrogens with zero attached hydrogens (tertiary/aromatic N) is 1. The highest BCUT2D eigenvalue weighted by Crippen LogP contribution is 2.16. The Morgan fingerprint density at radius 3 is 2.58 bits per heavy atom. The number of halogens is 3. The molecule has 0 spiro atoms. The summed E-state index contributed by atoms with van der Waals surface area (Å²) in [5.74, 6) is -0.791. The number of rotatable bonds is 1. The molecule has 3 nitrogen and oxygen atoms in total. The third kappa shape index (κ3) is 2.24. The lowest BCUT2D eigenvalue weighted by atomic mass is 10.3. The average molecular weight is 226 g/mol. The van der Waals surface area contributed by atoms with Gasteiger partial charge in [0.15, 0.2) is 5.69 Å². The van der Waals surface area contributed by atoms with Crippen LogP contribution in [-0.2, 0) is 4.29 Å². The van der Waals surface area contributed by atoms with E-state index < -0.39 is 5.97 Å². The van der Waals surface area contributed by atoms with Crippen LogP contribution in [0.2, 0.25) is 10.2 Å². The van der Waals surface area contributed by atoms with Crippen LogP contribution < -0.4 is 0 Å². The first-order chi connectivity index (χ1) is 5.63. The summed E-state index contributed by atoms with van der Waals surface area (Å²) in [5.41, 5.74) is -0.0255. The van der Waals surface area contributed by atoms with Gasteiger partial charge in [-0.05, 0) is 12.1 Å². The van der Waals surface area contributed by atoms with Crippen molar-refractivity contribution in [1.82, 2.24) is 4.98 Å². The Morgan fingerprint density at radius 1 is 1.42 bits per heavy atom. The third-order valence-electron chi connectivity index (χ3n) is 1.04. The second-order valence-corrected chi connectivity index (χ2v) is 2.84. The van der Waals surface area contributed by atoms with Gasteiger partial charge in [0.1, 0.15) is 17.0 Å². The van der Waals surface area contributed by atoms with Crippen LogP contribution in [0, 0.1) is 0 Å². The molecular weight excluding hydrogens is 224 g/mol. The van der Waals surface area contributed by atoms with Crippen LogP contribution in [0.1, 0.15) is 10.5 Å². The topological polar surface area (TPSA) is 39.2 Å². The van der Waals surface area contributed by atoms with Crippen molar-refractivity contribution in [2.24, 2.45) is 0 Å². The number of aromatic nitrogens is 1. The maximum Gasteiger partial charge on any atom is 0.375 e. The van der Waals surface area contributed by atoms with Gasteiger partial charge < -0.3 is 4.29 Å². The molecule has 0 aromatic carbocycles. The Kier molecular flexibility index (Phi) is 3.14. The van der Waals surface area contributed by atoms with Crippen LogP contribution in [0.25, 0.3) is 0 Å². The van der Waals surface area contributed by atoms with Crippen LogP contribution in [-0.4, -0.2) is 11.0 Å². The van der Waals surface area contributed by atoms with Gasteiger partial charge in [-0.2, -0.15) is 0 Å². The van der Waals surface area contributed by atoms with Crippen molar-refractivity contribution >= 4 is 41.0 Å². The zero-order valence-electron chi connectivity index (χ0n) is 5.55. The highest BCUT2D eigenvalue weighted by atomic mass is 35.5. The molecule has 6 heteroatoms. The molecule has 0 aliphatic carbocycles. The molecule has 0 aliphatic rings. The van der Waals surface area contributed by atoms with Gasteiger partial charge >= 0.3 is 5.97 Å². The van der Waals surface area contributed by atoms with Crippen molar-refractivity contribution in [2.75, 3.05) is 0 Å².